The van der Waals surface area contributed by atoms with Crippen molar-refractivity contribution < 1.29 is 9.59 Å². The number of anilines is 2. The molecule has 1 aliphatic rings. The number of amides is 2. The van der Waals surface area contributed by atoms with Crippen molar-refractivity contribution in [3.05, 3.63) is 99.0 Å². The Balaban J connectivity index is 1.78. The summed E-state index contributed by atoms with van der Waals surface area (Å²) >= 11 is 13.5. The van der Waals surface area contributed by atoms with Crippen molar-refractivity contribution in [3.8, 4) is 0 Å². The third-order valence-corrected chi connectivity index (χ3v) is 6.24. The average Bonchev–Trinajstić information content (AvgIpc) is 2.96. The minimum absolute atomic E-state index is 0.217. The summed E-state index contributed by atoms with van der Waals surface area (Å²) in [7, 11) is 0. The molecule has 0 bridgehead atoms. The summed E-state index contributed by atoms with van der Waals surface area (Å²) in [5.41, 5.74) is 2.28. The average molecular weight is 455 g/mol. The van der Waals surface area contributed by atoms with E-state index in [-0.39, 0.29) is 5.70 Å². The topological polar surface area (TPSA) is 49.4 Å². The molecule has 7 heteroatoms. The third kappa shape index (κ3) is 3.97. The van der Waals surface area contributed by atoms with E-state index >= 15 is 0 Å². The van der Waals surface area contributed by atoms with E-state index in [2.05, 4.69) is 5.32 Å². The summed E-state index contributed by atoms with van der Waals surface area (Å²) in [5.74, 6) is -0.878. The van der Waals surface area contributed by atoms with Gasteiger partial charge in [0.1, 0.15) is 10.6 Å². The number of aryl methyl sites for hydroxylation is 1. The number of imide groups is 1. The lowest BCUT2D eigenvalue weighted by Gasteiger charge is -2.16. The highest BCUT2D eigenvalue weighted by Gasteiger charge is 2.41. The van der Waals surface area contributed by atoms with Crippen molar-refractivity contribution in [3.63, 3.8) is 0 Å². The molecule has 2 amide bonds. The number of hydrogen-bond donors (Lipinski definition) is 1. The minimum atomic E-state index is -0.451. The number of nitrogens with one attached hydrogen (secondary N) is 1. The lowest BCUT2D eigenvalue weighted by atomic mass is 10.2. The molecule has 0 radical (unpaired) electrons. The standard InChI is InChI=1S/C23H16Cl2N2O2S/c1-14-6-2-4-8-18(14)26-20-21(30-16-12-10-15(24)11-13-16)23(29)27(22(20)28)19-9-5-3-7-17(19)25/h2-13,26H,1H3. The van der Waals surface area contributed by atoms with Crippen LogP contribution in [-0.2, 0) is 9.59 Å². The molecule has 4 nitrogen and oxygen atoms in total. The van der Waals surface area contributed by atoms with Crippen molar-refractivity contribution >= 4 is 58.2 Å². The van der Waals surface area contributed by atoms with Crippen molar-refractivity contribution in [1.82, 2.24) is 0 Å². The highest BCUT2D eigenvalue weighted by molar-refractivity contribution is 8.04. The number of nitrogens with zero attached hydrogens (tertiary/aromatic N) is 1. The molecule has 0 fully saturated rings. The second-order valence-electron chi connectivity index (χ2n) is 6.60. The maximum atomic E-state index is 13.3. The van der Waals surface area contributed by atoms with Crippen LogP contribution in [0.15, 0.2) is 88.3 Å². The highest BCUT2D eigenvalue weighted by atomic mass is 35.5. The van der Waals surface area contributed by atoms with Gasteiger partial charge in [0.15, 0.2) is 0 Å². The lowest BCUT2D eigenvalue weighted by molar-refractivity contribution is -0.120. The molecule has 0 unspecified atom stereocenters. The Morgan fingerprint density at radius 2 is 1.50 bits per heavy atom. The molecule has 150 valence electrons. The van der Waals surface area contributed by atoms with Crippen LogP contribution in [0.3, 0.4) is 0 Å². The summed E-state index contributed by atoms with van der Waals surface area (Å²) in [6, 6.07) is 21.5. The van der Waals surface area contributed by atoms with Gasteiger partial charge in [0.2, 0.25) is 0 Å². The molecule has 0 saturated carbocycles. The van der Waals surface area contributed by atoms with Gasteiger partial charge in [-0.05, 0) is 55.0 Å². The number of para-hydroxylation sites is 2. The van der Waals surface area contributed by atoms with Crippen molar-refractivity contribution in [2.45, 2.75) is 11.8 Å². The molecule has 3 aromatic carbocycles. The van der Waals surface area contributed by atoms with Gasteiger partial charge in [0, 0.05) is 15.6 Å². The zero-order valence-electron chi connectivity index (χ0n) is 15.9. The minimum Gasteiger partial charge on any atom is -0.350 e. The Kier molecular flexibility index (Phi) is 5.86. The maximum absolute atomic E-state index is 13.3. The summed E-state index contributed by atoms with van der Waals surface area (Å²) in [6.07, 6.45) is 0. The van der Waals surface area contributed by atoms with Crippen molar-refractivity contribution in [2.75, 3.05) is 10.2 Å². The van der Waals surface area contributed by atoms with Crippen LogP contribution >= 0.6 is 35.0 Å². The summed E-state index contributed by atoms with van der Waals surface area (Å²) in [4.78, 5) is 28.9. The molecule has 4 rings (SSSR count). The van der Waals surface area contributed by atoms with Crippen LogP contribution in [-0.4, -0.2) is 11.8 Å². The van der Waals surface area contributed by atoms with Crippen LogP contribution in [0.4, 0.5) is 11.4 Å². The molecule has 1 N–H and O–H groups in total. The zero-order valence-corrected chi connectivity index (χ0v) is 18.2. The summed E-state index contributed by atoms with van der Waals surface area (Å²) in [5, 5.41) is 4.09. The van der Waals surface area contributed by atoms with Gasteiger partial charge in [-0.25, -0.2) is 4.90 Å². The van der Waals surface area contributed by atoms with Crippen LogP contribution in [0.1, 0.15) is 5.56 Å². The first-order valence-corrected chi connectivity index (χ1v) is 10.7. The Morgan fingerprint density at radius 3 is 2.20 bits per heavy atom. The normalized spacial score (nSPS) is 13.9. The first-order valence-electron chi connectivity index (χ1n) is 9.09. The van der Waals surface area contributed by atoms with Gasteiger partial charge in [-0.2, -0.15) is 0 Å². The first-order chi connectivity index (χ1) is 14.5. The Labute approximate surface area is 188 Å². The van der Waals surface area contributed by atoms with E-state index in [9.17, 15) is 9.59 Å². The fraction of sp³-hybridized carbons (Fsp3) is 0.0435. The lowest BCUT2D eigenvalue weighted by Crippen LogP contribution is -2.32. The number of halogens is 2. The summed E-state index contributed by atoms with van der Waals surface area (Å²) in [6.45, 7) is 1.93. The van der Waals surface area contributed by atoms with Crippen LogP contribution in [0.5, 0.6) is 0 Å². The first kappa shape index (κ1) is 20.5. The van der Waals surface area contributed by atoms with Crippen molar-refractivity contribution in [2.24, 2.45) is 0 Å². The van der Waals surface area contributed by atoms with E-state index in [4.69, 9.17) is 23.2 Å². The molecule has 1 aliphatic heterocycles. The highest BCUT2D eigenvalue weighted by Crippen LogP contribution is 2.40. The molecule has 3 aromatic rings. The monoisotopic (exact) mass is 454 g/mol. The van der Waals surface area contributed by atoms with Crippen molar-refractivity contribution in [1.29, 1.82) is 0 Å². The number of carbonyl (C=O) groups excluding carboxylic acids is 2. The van der Waals surface area contributed by atoms with E-state index in [0.29, 0.717) is 20.6 Å². The number of carbonyl (C=O) groups is 2. The molecule has 0 spiro atoms. The Hall–Kier alpha value is -2.73. The molecule has 0 atom stereocenters. The predicted octanol–water partition coefficient (Wildman–Crippen LogP) is 6.29. The number of hydrogen-bond acceptors (Lipinski definition) is 4. The van der Waals surface area contributed by atoms with Gasteiger partial charge < -0.3 is 5.32 Å². The molecular weight excluding hydrogens is 439 g/mol. The molecular formula is C23H16Cl2N2O2S. The van der Waals surface area contributed by atoms with Gasteiger partial charge in [-0.15, -0.1) is 0 Å². The van der Waals surface area contributed by atoms with E-state index < -0.39 is 11.8 Å². The van der Waals surface area contributed by atoms with Gasteiger partial charge in [0.05, 0.1) is 10.7 Å². The SMILES string of the molecule is Cc1ccccc1NC1=C(Sc2ccc(Cl)cc2)C(=O)N(c2ccccc2Cl)C1=O. The van der Waals surface area contributed by atoms with Crippen LogP contribution in [0, 0.1) is 6.92 Å². The third-order valence-electron chi connectivity index (χ3n) is 4.57. The van der Waals surface area contributed by atoms with Crippen LogP contribution < -0.4 is 10.2 Å². The fourth-order valence-electron chi connectivity index (χ4n) is 3.03. The number of benzene rings is 3. The predicted molar refractivity (Wildman–Crippen MR) is 123 cm³/mol. The smallest absolute Gasteiger partial charge is 0.283 e. The molecule has 0 aliphatic carbocycles. The number of thioether (sulfide) groups is 1. The molecule has 1 heterocycles. The molecule has 0 aromatic heterocycles. The maximum Gasteiger partial charge on any atom is 0.283 e. The van der Waals surface area contributed by atoms with Gasteiger partial charge >= 0.3 is 0 Å². The molecule has 30 heavy (non-hydrogen) atoms. The zero-order chi connectivity index (χ0) is 21.3. The Bertz CT molecular complexity index is 1180. The van der Waals surface area contributed by atoms with Crippen LogP contribution in [0.2, 0.25) is 10.0 Å². The van der Waals surface area contributed by atoms with E-state index in [0.717, 1.165) is 21.0 Å². The second-order valence-corrected chi connectivity index (χ2v) is 8.52. The van der Waals surface area contributed by atoms with E-state index in [1.165, 1.54) is 11.8 Å². The molecule has 0 saturated heterocycles. The number of rotatable bonds is 5. The second kappa shape index (κ2) is 8.56. The quantitative estimate of drug-likeness (QED) is 0.460. The van der Waals surface area contributed by atoms with E-state index in [1.54, 1.807) is 48.5 Å². The largest absolute Gasteiger partial charge is 0.350 e. The van der Waals surface area contributed by atoms with Crippen LogP contribution in [0.25, 0.3) is 0 Å². The Morgan fingerprint density at radius 1 is 0.833 bits per heavy atom. The van der Waals surface area contributed by atoms with E-state index in [1.807, 2.05) is 31.2 Å². The van der Waals surface area contributed by atoms with Gasteiger partial charge in [-0.3, -0.25) is 9.59 Å². The van der Waals surface area contributed by atoms with Gasteiger partial charge in [-0.1, -0.05) is 65.3 Å². The summed E-state index contributed by atoms with van der Waals surface area (Å²) < 4.78 is 0. The van der Waals surface area contributed by atoms with Gasteiger partial charge in [0.25, 0.3) is 11.8 Å². The fourth-order valence-corrected chi connectivity index (χ4v) is 4.31.